The summed E-state index contributed by atoms with van der Waals surface area (Å²) in [5.41, 5.74) is -0.0580. The van der Waals surface area contributed by atoms with Gasteiger partial charge in [0.05, 0.1) is 13.2 Å². The molecule has 18 heavy (non-hydrogen) atoms. The number of hydrogen-bond acceptors (Lipinski definition) is 5. The maximum absolute atomic E-state index is 11.6. The summed E-state index contributed by atoms with van der Waals surface area (Å²) in [6, 6.07) is 2.69. The number of carbonyl (C=O) groups is 1. The van der Waals surface area contributed by atoms with E-state index >= 15 is 0 Å². The SMILES string of the molecule is Cn1nc(C(=O)NCCCOCCO)ccc1=O. The molecular formula is C11H17N3O4. The number of aliphatic hydroxyl groups excluding tert-OH is 1. The first-order valence-electron chi connectivity index (χ1n) is 5.66. The quantitative estimate of drug-likeness (QED) is 0.604. The van der Waals surface area contributed by atoms with Gasteiger partial charge in [0.15, 0.2) is 0 Å². The maximum atomic E-state index is 11.6. The third-order valence-corrected chi connectivity index (χ3v) is 2.18. The number of aromatic nitrogens is 2. The van der Waals surface area contributed by atoms with Crippen LogP contribution in [0.4, 0.5) is 0 Å². The molecule has 0 spiro atoms. The van der Waals surface area contributed by atoms with Gasteiger partial charge in [-0.15, -0.1) is 0 Å². The van der Waals surface area contributed by atoms with Crippen LogP contribution in [-0.4, -0.2) is 47.2 Å². The van der Waals surface area contributed by atoms with Crippen LogP contribution in [-0.2, 0) is 11.8 Å². The molecule has 0 bridgehead atoms. The van der Waals surface area contributed by atoms with Gasteiger partial charge in [-0.05, 0) is 12.5 Å². The van der Waals surface area contributed by atoms with Crippen molar-refractivity contribution in [2.45, 2.75) is 6.42 Å². The van der Waals surface area contributed by atoms with Crippen molar-refractivity contribution >= 4 is 5.91 Å². The van der Waals surface area contributed by atoms with Crippen LogP contribution in [0.25, 0.3) is 0 Å². The lowest BCUT2D eigenvalue weighted by Crippen LogP contribution is -2.29. The summed E-state index contributed by atoms with van der Waals surface area (Å²) < 4.78 is 6.15. The highest BCUT2D eigenvalue weighted by Gasteiger charge is 2.07. The Morgan fingerprint density at radius 3 is 2.94 bits per heavy atom. The van der Waals surface area contributed by atoms with Crippen LogP contribution in [0.5, 0.6) is 0 Å². The first-order valence-corrected chi connectivity index (χ1v) is 5.66. The molecule has 1 aromatic rings. The standard InChI is InChI=1S/C11H17N3O4/c1-14-10(16)4-3-9(13-14)11(17)12-5-2-7-18-8-6-15/h3-4,15H,2,5-8H2,1H3,(H,12,17). The molecule has 100 valence electrons. The minimum absolute atomic E-state index is 0.00563. The van der Waals surface area contributed by atoms with Crippen molar-refractivity contribution in [3.05, 3.63) is 28.2 Å². The average Bonchev–Trinajstić information content (AvgIpc) is 2.36. The summed E-state index contributed by atoms with van der Waals surface area (Å²) in [6.45, 7) is 1.22. The van der Waals surface area contributed by atoms with Crippen molar-refractivity contribution in [1.29, 1.82) is 0 Å². The van der Waals surface area contributed by atoms with Crippen molar-refractivity contribution in [2.24, 2.45) is 7.05 Å². The molecule has 0 atom stereocenters. The van der Waals surface area contributed by atoms with Crippen molar-refractivity contribution in [3.8, 4) is 0 Å². The van der Waals surface area contributed by atoms with Crippen LogP contribution < -0.4 is 10.9 Å². The van der Waals surface area contributed by atoms with Gasteiger partial charge in [0.1, 0.15) is 5.69 Å². The molecule has 0 aliphatic carbocycles. The number of aliphatic hydroxyl groups is 1. The Labute approximate surface area is 104 Å². The molecule has 1 heterocycles. The summed E-state index contributed by atoms with van der Waals surface area (Å²) >= 11 is 0. The molecule has 0 fully saturated rings. The van der Waals surface area contributed by atoms with E-state index in [1.165, 1.54) is 19.2 Å². The zero-order valence-corrected chi connectivity index (χ0v) is 10.3. The Balaban J connectivity index is 2.32. The Kier molecular flexibility index (Phi) is 6.03. The number of ether oxygens (including phenoxy) is 1. The van der Waals surface area contributed by atoms with Gasteiger partial charge in [0.2, 0.25) is 0 Å². The van der Waals surface area contributed by atoms with E-state index in [1.54, 1.807) is 0 Å². The molecule has 7 heteroatoms. The highest BCUT2D eigenvalue weighted by molar-refractivity contribution is 5.91. The van der Waals surface area contributed by atoms with E-state index in [1.807, 2.05) is 0 Å². The molecule has 0 aliphatic heterocycles. The van der Waals surface area contributed by atoms with Gasteiger partial charge >= 0.3 is 0 Å². The van der Waals surface area contributed by atoms with Crippen LogP contribution in [0, 0.1) is 0 Å². The molecule has 0 radical (unpaired) electrons. The van der Waals surface area contributed by atoms with Gasteiger partial charge in [-0.25, -0.2) is 4.68 Å². The summed E-state index contributed by atoms with van der Waals surface area (Å²) in [7, 11) is 1.49. The molecule has 1 amide bonds. The van der Waals surface area contributed by atoms with Crippen LogP contribution in [0.3, 0.4) is 0 Å². The number of aryl methyl sites for hydroxylation is 1. The summed E-state index contributed by atoms with van der Waals surface area (Å²) in [4.78, 5) is 22.7. The third-order valence-electron chi connectivity index (χ3n) is 2.18. The van der Waals surface area contributed by atoms with Crippen LogP contribution >= 0.6 is 0 Å². The monoisotopic (exact) mass is 255 g/mol. The Hall–Kier alpha value is -1.73. The van der Waals surface area contributed by atoms with Crippen molar-refractivity contribution in [1.82, 2.24) is 15.1 Å². The van der Waals surface area contributed by atoms with E-state index in [-0.39, 0.29) is 23.8 Å². The van der Waals surface area contributed by atoms with Crippen LogP contribution in [0.15, 0.2) is 16.9 Å². The Morgan fingerprint density at radius 1 is 1.50 bits per heavy atom. The lowest BCUT2D eigenvalue weighted by molar-refractivity contribution is 0.0865. The number of nitrogens with zero attached hydrogens (tertiary/aromatic N) is 2. The van der Waals surface area contributed by atoms with E-state index in [0.717, 1.165) is 4.68 Å². The highest BCUT2D eigenvalue weighted by Crippen LogP contribution is 1.90. The third kappa shape index (κ3) is 4.64. The summed E-state index contributed by atoms with van der Waals surface area (Å²) in [5, 5.41) is 15.0. The lowest BCUT2D eigenvalue weighted by Gasteiger charge is -2.05. The van der Waals surface area contributed by atoms with Crippen molar-refractivity contribution < 1.29 is 14.6 Å². The molecule has 0 aliphatic rings. The zero-order valence-electron chi connectivity index (χ0n) is 10.3. The van der Waals surface area contributed by atoms with E-state index in [2.05, 4.69) is 10.4 Å². The van der Waals surface area contributed by atoms with Crippen molar-refractivity contribution in [3.63, 3.8) is 0 Å². The number of hydrogen-bond donors (Lipinski definition) is 2. The second-order valence-corrected chi connectivity index (χ2v) is 3.63. The molecule has 0 saturated heterocycles. The minimum atomic E-state index is -0.326. The fourth-order valence-corrected chi connectivity index (χ4v) is 1.26. The second-order valence-electron chi connectivity index (χ2n) is 3.63. The summed E-state index contributed by atoms with van der Waals surface area (Å²) in [5.74, 6) is -0.326. The normalized spacial score (nSPS) is 10.3. The lowest BCUT2D eigenvalue weighted by atomic mass is 10.3. The predicted octanol–water partition coefficient (Wildman–Crippen LogP) is -1.09. The summed E-state index contributed by atoms with van der Waals surface area (Å²) in [6.07, 6.45) is 0.650. The number of carbonyl (C=O) groups excluding carboxylic acids is 1. The van der Waals surface area contributed by atoms with Crippen molar-refractivity contribution in [2.75, 3.05) is 26.4 Å². The molecule has 0 saturated carbocycles. The first kappa shape index (κ1) is 14.3. The largest absolute Gasteiger partial charge is 0.394 e. The van der Waals surface area contributed by atoms with E-state index in [9.17, 15) is 9.59 Å². The molecule has 0 unspecified atom stereocenters. The Bertz CT molecular complexity index is 444. The molecule has 7 nitrogen and oxygen atoms in total. The van der Waals surface area contributed by atoms with Crippen LogP contribution in [0.2, 0.25) is 0 Å². The number of rotatable bonds is 7. The van der Waals surface area contributed by atoms with Gasteiger partial charge in [0.25, 0.3) is 11.5 Å². The van der Waals surface area contributed by atoms with E-state index < -0.39 is 0 Å². The highest BCUT2D eigenvalue weighted by atomic mass is 16.5. The topological polar surface area (TPSA) is 93.5 Å². The van der Waals surface area contributed by atoms with Gasteiger partial charge in [-0.1, -0.05) is 0 Å². The minimum Gasteiger partial charge on any atom is -0.394 e. The predicted molar refractivity (Wildman–Crippen MR) is 64.3 cm³/mol. The fourth-order valence-electron chi connectivity index (χ4n) is 1.26. The molecule has 0 aromatic carbocycles. The van der Waals surface area contributed by atoms with Gasteiger partial charge in [0, 0.05) is 26.3 Å². The molecule has 2 N–H and O–H groups in total. The number of amides is 1. The smallest absolute Gasteiger partial charge is 0.271 e. The fraction of sp³-hybridized carbons (Fsp3) is 0.545. The number of nitrogens with one attached hydrogen (secondary N) is 1. The van der Waals surface area contributed by atoms with E-state index in [0.29, 0.717) is 26.2 Å². The van der Waals surface area contributed by atoms with Gasteiger partial charge in [-0.3, -0.25) is 9.59 Å². The van der Waals surface area contributed by atoms with Gasteiger partial charge in [-0.2, -0.15) is 5.10 Å². The van der Waals surface area contributed by atoms with Crippen LogP contribution in [0.1, 0.15) is 16.9 Å². The zero-order chi connectivity index (χ0) is 13.4. The Morgan fingerprint density at radius 2 is 2.28 bits per heavy atom. The molecule has 1 aromatic heterocycles. The molecular weight excluding hydrogens is 238 g/mol. The average molecular weight is 255 g/mol. The van der Waals surface area contributed by atoms with E-state index in [4.69, 9.17) is 9.84 Å². The first-order chi connectivity index (χ1) is 8.65. The second kappa shape index (κ2) is 7.57. The molecule has 1 rings (SSSR count). The van der Waals surface area contributed by atoms with Gasteiger partial charge < -0.3 is 15.2 Å². The maximum Gasteiger partial charge on any atom is 0.271 e.